The first kappa shape index (κ1) is 23.2. The third-order valence-corrected chi connectivity index (χ3v) is 13.8. The van der Waals surface area contributed by atoms with Gasteiger partial charge in [0.25, 0.3) is 0 Å². The van der Waals surface area contributed by atoms with Crippen LogP contribution in [0, 0.1) is 62.6 Å². The van der Waals surface area contributed by atoms with Crippen LogP contribution < -0.4 is 0 Å². The van der Waals surface area contributed by atoms with Crippen LogP contribution >= 0.6 is 0 Å². The van der Waals surface area contributed by atoms with Gasteiger partial charge in [0.05, 0.1) is 5.92 Å². The van der Waals surface area contributed by atoms with Crippen LogP contribution in [0.2, 0.25) is 0 Å². The van der Waals surface area contributed by atoms with Crippen LogP contribution in [0.4, 0.5) is 0 Å². The minimum atomic E-state index is -0.575. The molecule has 32 heavy (non-hydrogen) atoms. The molecule has 0 saturated heterocycles. The molecule has 182 valence electrons. The molecule has 2 nitrogen and oxygen atoms in total. The summed E-state index contributed by atoms with van der Waals surface area (Å²) in [6, 6.07) is 0. The number of carbonyl (C=O) groups is 1. The Labute approximate surface area is 197 Å². The van der Waals surface area contributed by atoms with E-state index in [1.54, 1.807) is 0 Å². The van der Waals surface area contributed by atoms with E-state index in [1.807, 2.05) is 6.92 Å². The zero-order valence-electron chi connectivity index (χ0n) is 22.1. The molecule has 10 atom stereocenters. The highest BCUT2D eigenvalue weighted by Gasteiger charge is 2.70. The van der Waals surface area contributed by atoms with Crippen molar-refractivity contribution in [2.24, 2.45) is 62.6 Å². The molecule has 0 amide bonds. The summed E-state index contributed by atoms with van der Waals surface area (Å²) in [5.74, 6) is 2.78. The molecular weight excluding hydrogens is 392 g/mol. The highest BCUT2D eigenvalue weighted by Crippen LogP contribution is 2.78. The van der Waals surface area contributed by atoms with Crippen molar-refractivity contribution >= 4 is 5.97 Å². The quantitative estimate of drug-likeness (QED) is 0.468. The molecule has 5 saturated carbocycles. The summed E-state index contributed by atoms with van der Waals surface area (Å²) < 4.78 is 0. The van der Waals surface area contributed by atoms with Crippen molar-refractivity contribution in [1.82, 2.24) is 0 Å². The van der Waals surface area contributed by atoms with Crippen molar-refractivity contribution in [3.8, 4) is 0 Å². The fraction of sp³-hybridized carbons (Fsp3) is 0.967. The second-order valence-electron chi connectivity index (χ2n) is 14.9. The predicted molar refractivity (Wildman–Crippen MR) is 131 cm³/mol. The Morgan fingerprint density at radius 3 is 1.94 bits per heavy atom. The van der Waals surface area contributed by atoms with E-state index in [9.17, 15) is 9.90 Å². The summed E-state index contributed by atoms with van der Waals surface area (Å²) in [5, 5.41) is 9.78. The molecule has 5 fully saturated rings. The number of carboxylic acid groups (broad SMARTS) is 1. The Bertz CT molecular complexity index is 786. The lowest BCUT2D eigenvalue weighted by atomic mass is 9.32. The number of hydrogen-bond donors (Lipinski definition) is 1. The van der Waals surface area contributed by atoms with Crippen molar-refractivity contribution in [1.29, 1.82) is 0 Å². The van der Waals surface area contributed by atoms with E-state index in [0.717, 1.165) is 24.2 Å². The van der Waals surface area contributed by atoms with Gasteiger partial charge in [-0.15, -0.1) is 0 Å². The normalized spacial score (nSPS) is 55.2. The standard InChI is InChI=1S/C30H50O2/c1-19(25(31)32)20-11-16-27(4)21(20)12-17-29(6)23(27)9-10-24-28(5)15-8-14-26(2,3)22(28)13-18-30(24,29)7/h19-24H,8-18H2,1-7H3,(H,31,32)/t19?,20-,21-,22+,23-,24-,27+,28+,29-,30-/m1/s1. The molecule has 1 unspecified atom stereocenters. The van der Waals surface area contributed by atoms with Gasteiger partial charge in [-0.05, 0) is 121 Å². The monoisotopic (exact) mass is 442 g/mol. The molecule has 0 heterocycles. The van der Waals surface area contributed by atoms with Crippen molar-refractivity contribution in [2.45, 2.75) is 119 Å². The zero-order valence-corrected chi connectivity index (χ0v) is 22.1. The molecule has 0 spiro atoms. The number of fused-ring (bicyclic) bond motifs is 7. The Morgan fingerprint density at radius 1 is 0.719 bits per heavy atom. The van der Waals surface area contributed by atoms with Crippen LogP contribution in [0.25, 0.3) is 0 Å². The van der Waals surface area contributed by atoms with Crippen molar-refractivity contribution in [3.05, 3.63) is 0 Å². The van der Waals surface area contributed by atoms with Gasteiger partial charge in [0.15, 0.2) is 0 Å². The van der Waals surface area contributed by atoms with E-state index in [-0.39, 0.29) is 5.92 Å². The van der Waals surface area contributed by atoms with Crippen LogP contribution in [0.15, 0.2) is 0 Å². The molecule has 2 heteroatoms. The van der Waals surface area contributed by atoms with Gasteiger partial charge < -0.3 is 5.11 Å². The summed E-state index contributed by atoms with van der Waals surface area (Å²) in [6.45, 7) is 17.9. The van der Waals surface area contributed by atoms with Gasteiger partial charge in [0.1, 0.15) is 0 Å². The highest BCUT2D eigenvalue weighted by atomic mass is 16.4. The predicted octanol–water partition coefficient (Wildman–Crippen LogP) is 8.20. The number of aliphatic carboxylic acids is 1. The first-order valence-electron chi connectivity index (χ1n) is 14.0. The fourth-order valence-corrected chi connectivity index (χ4v) is 12.1. The lowest BCUT2D eigenvalue weighted by molar-refractivity contribution is -0.241. The maximum Gasteiger partial charge on any atom is 0.306 e. The first-order chi connectivity index (χ1) is 14.8. The Balaban J connectivity index is 1.50. The van der Waals surface area contributed by atoms with Gasteiger partial charge in [-0.2, -0.15) is 0 Å². The van der Waals surface area contributed by atoms with E-state index in [0.29, 0.717) is 38.9 Å². The second kappa shape index (κ2) is 7.00. The molecular formula is C30H50O2. The molecule has 0 aliphatic heterocycles. The minimum Gasteiger partial charge on any atom is -0.481 e. The lowest BCUT2D eigenvalue weighted by Gasteiger charge is -2.73. The van der Waals surface area contributed by atoms with Gasteiger partial charge >= 0.3 is 5.97 Å². The number of carboxylic acids is 1. The highest BCUT2D eigenvalue weighted by molar-refractivity contribution is 5.70. The first-order valence-corrected chi connectivity index (χ1v) is 14.0. The maximum absolute atomic E-state index is 11.9. The van der Waals surface area contributed by atoms with Crippen LogP contribution in [-0.2, 0) is 4.79 Å². The molecule has 0 aromatic carbocycles. The SMILES string of the molecule is CC(C(=O)O)[C@H]1CC[C@@]2(C)[C@@H]1CC[C@]1(C)[C@@H]2CC[C@@H]2[C@@]3(C)CCCC(C)(C)[C@@H]3CC[C@]21C. The van der Waals surface area contributed by atoms with Gasteiger partial charge in [-0.1, -0.05) is 54.9 Å². The summed E-state index contributed by atoms with van der Waals surface area (Å²) >= 11 is 0. The summed E-state index contributed by atoms with van der Waals surface area (Å²) in [6.07, 6.45) is 14.9. The van der Waals surface area contributed by atoms with E-state index in [2.05, 4.69) is 41.5 Å². The number of rotatable bonds is 2. The van der Waals surface area contributed by atoms with Crippen LogP contribution in [0.1, 0.15) is 119 Å². The smallest absolute Gasteiger partial charge is 0.306 e. The third-order valence-electron chi connectivity index (χ3n) is 13.8. The van der Waals surface area contributed by atoms with E-state index >= 15 is 0 Å². The molecule has 0 aromatic rings. The van der Waals surface area contributed by atoms with Gasteiger partial charge in [-0.25, -0.2) is 0 Å². The minimum absolute atomic E-state index is 0.183. The van der Waals surface area contributed by atoms with Crippen LogP contribution in [0.3, 0.4) is 0 Å². The van der Waals surface area contributed by atoms with Crippen molar-refractivity contribution in [3.63, 3.8) is 0 Å². The van der Waals surface area contributed by atoms with Crippen LogP contribution in [0.5, 0.6) is 0 Å². The third kappa shape index (κ3) is 2.73. The molecule has 0 aromatic heterocycles. The van der Waals surface area contributed by atoms with E-state index in [4.69, 9.17) is 0 Å². The molecule has 0 radical (unpaired) electrons. The molecule has 5 rings (SSSR count). The summed E-state index contributed by atoms with van der Waals surface area (Å²) in [5.41, 5.74) is 2.22. The topological polar surface area (TPSA) is 37.3 Å². The molecule has 0 bridgehead atoms. The van der Waals surface area contributed by atoms with Crippen LogP contribution in [-0.4, -0.2) is 11.1 Å². The zero-order chi connectivity index (χ0) is 23.3. The van der Waals surface area contributed by atoms with E-state index < -0.39 is 5.97 Å². The summed E-state index contributed by atoms with van der Waals surface area (Å²) in [4.78, 5) is 11.9. The van der Waals surface area contributed by atoms with E-state index in [1.165, 1.54) is 64.2 Å². The summed E-state index contributed by atoms with van der Waals surface area (Å²) in [7, 11) is 0. The maximum atomic E-state index is 11.9. The second-order valence-corrected chi connectivity index (χ2v) is 14.9. The van der Waals surface area contributed by atoms with Crippen molar-refractivity contribution in [2.75, 3.05) is 0 Å². The lowest BCUT2D eigenvalue weighted by Crippen LogP contribution is -2.65. The average Bonchev–Trinajstić information content (AvgIpc) is 3.04. The van der Waals surface area contributed by atoms with Crippen molar-refractivity contribution < 1.29 is 9.90 Å². The molecule has 5 aliphatic carbocycles. The average molecular weight is 443 g/mol. The Kier molecular flexibility index (Phi) is 5.08. The largest absolute Gasteiger partial charge is 0.481 e. The van der Waals surface area contributed by atoms with Gasteiger partial charge in [0.2, 0.25) is 0 Å². The fourth-order valence-electron chi connectivity index (χ4n) is 12.1. The molecule has 5 aliphatic rings. The Morgan fingerprint density at radius 2 is 1.31 bits per heavy atom. The number of hydrogen-bond acceptors (Lipinski definition) is 1. The van der Waals surface area contributed by atoms with Gasteiger partial charge in [-0.3, -0.25) is 4.79 Å². The molecule has 1 N–H and O–H groups in total. The Hall–Kier alpha value is -0.530. The van der Waals surface area contributed by atoms with Gasteiger partial charge in [0, 0.05) is 0 Å².